The fourth-order valence-electron chi connectivity index (χ4n) is 3.29. The molecule has 2 heterocycles. The number of rotatable bonds is 6. The van der Waals surface area contributed by atoms with E-state index in [1.807, 2.05) is 58.9 Å². The summed E-state index contributed by atoms with van der Waals surface area (Å²) in [4.78, 5) is 30.1. The number of carbonyl (C=O) groups excluding carboxylic acids is 2. The summed E-state index contributed by atoms with van der Waals surface area (Å²) in [6, 6.07) is 7.69. The summed E-state index contributed by atoms with van der Waals surface area (Å²) < 4.78 is 13.7. The minimum atomic E-state index is -2.01. The predicted octanol–water partition coefficient (Wildman–Crippen LogP) is 6.66. The Hall–Kier alpha value is -2.29. The highest BCUT2D eigenvalue weighted by molar-refractivity contribution is 7.10. The minimum Gasteiger partial charge on any atom is -0.443 e. The van der Waals surface area contributed by atoms with Gasteiger partial charge in [0, 0.05) is 28.4 Å². The molecular formula is C24H32N2O4SSi. The van der Waals surface area contributed by atoms with Crippen molar-refractivity contribution in [3.8, 4) is 0 Å². The zero-order valence-electron chi connectivity index (χ0n) is 20.1. The lowest BCUT2D eigenvalue weighted by molar-refractivity contribution is 0.0544. The van der Waals surface area contributed by atoms with Crippen LogP contribution in [0.15, 0.2) is 35.8 Å². The lowest BCUT2D eigenvalue weighted by Gasteiger charge is -2.25. The number of aromatic nitrogens is 2. The molecule has 0 aliphatic rings. The molecule has 0 N–H and O–H groups in total. The summed E-state index contributed by atoms with van der Waals surface area (Å²) >= 11 is 1.41. The molecule has 3 aromatic rings. The molecule has 3 rings (SSSR count). The van der Waals surface area contributed by atoms with Gasteiger partial charge in [-0.1, -0.05) is 32.0 Å². The van der Waals surface area contributed by atoms with Crippen LogP contribution in [0.2, 0.25) is 19.6 Å². The maximum Gasteiger partial charge on any atom is 0.419 e. The minimum absolute atomic E-state index is 0.00966. The number of hydrogen-bond acceptors (Lipinski definition) is 6. The lowest BCUT2D eigenvalue weighted by Crippen LogP contribution is -2.28. The third kappa shape index (κ3) is 5.54. The number of thiazole rings is 1. The fraction of sp³-hybridized carbons (Fsp3) is 0.458. The lowest BCUT2D eigenvalue weighted by atomic mass is 10.1. The number of Topliss-reactive ketones (excluding diaryl/α,β-unsaturated/α-hetero) is 1. The molecule has 2 aromatic heterocycles. The molecule has 0 radical (unpaired) electrons. The molecule has 1 unspecified atom stereocenters. The second kappa shape index (κ2) is 8.92. The molecule has 0 fully saturated rings. The molecule has 0 spiro atoms. The van der Waals surface area contributed by atoms with Crippen LogP contribution in [0.25, 0.3) is 10.9 Å². The SMILES string of the molecule is CC(C)C(=O)c1csc(C(O[Si](C)(C)C)c2cn(C(=O)OC(C)(C)C)c3ccccc23)n1. The van der Waals surface area contributed by atoms with E-state index in [0.29, 0.717) is 10.7 Å². The summed E-state index contributed by atoms with van der Waals surface area (Å²) in [6.07, 6.45) is 0.866. The fourth-order valence-corrected chi connectivity index (χ4v) is 5.18. The number of nitrogens with zero attached hydrogens (tertiary/aromatic N) is 2. The Bertz CT molecular complexity index is 1140. The average molecular weight is 473 g/mol. The van der Waals surface area contributed by atoms with Gasteiger partial charge in [-0.05, 0) is 46.5 Å². The first-order valence-electron chi connectivity index (χ1n) is 10.8. The Morgan fingerprint density at radius 3 is 2.38 bits per heavy atom. The van der Waals surface area contributed by atoms with E-state index in [1.165, 1.54) is 15.9 Å². The van der Waals surface area contributed by atoms with Crippen LogP contribution in [0.1, 0.15) is 61.8 Å². The molecule has 1 atom stereocenters. The Morgan fingerprint density at radius 2 is 1.78 bits per heavy atom. The van der Waals surface area contributed by atoms with Gasteiger partial charge in [0.1, 0.15) is 22.4 Å². The first-order valence-corrected chi connectivity index (χ1v) is 15.1. The van der Waals surface area contributed by atoms with Gasteiger partial charge in [0.05, 0.1) is 5.52 Å². The van der Waals surface area contributed by atoms with Crippen LogP contribution >= 0.6 is 11.3 Å². The molecule has 172 valence electrons. The maximum absolute atomic E-state index is 13.0. The van der Waals surface area contributed by atoms with Crippen LogP contribution in [0.3, 0.4) is 0 Å². The van der Waals surface area contributed by atoms with E-state index in [1.54, 1.807) is 11.6 Å². The first kappa shape index (κ1) is 24.4. The summed E-state index contributed by atoms with van der Waals surface area (Å²) in [7, 11) is -2.01. The van der Waals surface area contributed by atoms with Crippen molar-refractivity contribution in [2.45, 2.75) is 66.0 Å². The van der Waals surface area contributed by atoms with Gasteiger partial charge in [0.2, 0.25) is 0 Å². The Kier molecular flexibility index (Phi) is 6.79. The van der Waals surface area contributed by atoms with Crippen molar-refractivity contribution >= 4 is 42.4 Å². The molecule has 0 saturated heterocycles. The molecule has 8 heteroatoms. The monoisotopic (exact) mass is 472 g/mol. The second-order valence-electron chi connectivity index (χ2n) is 10.2. The van der Waals surface area contributed by atoms with Crippen molar-refractivity contribution in [2.75, 3.05) is 0 Å². The van der Waals surface area contributed by atoms with Crippen molar-refractivity contribution in [3.63, 3.8) is 0 Å². The second-order valence-corrected chi connectivity index (χ2v) is 15.5. The van der Waals surface area contributed by atoms with Crippen molar-refractivity contribution < 1.29 is 18.8 Å². The number of carbonyl (C=O) groups is 2. The highest BCUT2D eigenvalue weighted by Gasteiger charge is 2.31. The predicted molar refractivity (Wildman–Crippen MR) is 131 cm³/mol. The van der Waals surface area contributed by atoms with Gasteiger partial charge in [-0.3, -0.25) is 9.36 Å². The van der Waals surface area contributed by atoms with E-state index in [4.69, 9.17) is 9.16 Å². The van der Waals surface area contributed by atoms with Crippen molar-refractivity contribution in [1.82, 2.24) is 9.55 Å². The third-order valence-electron chi connectivity index (χ3n) is 4.61. The average Bonchev–Trinajstić information content (AvgIpc) is 3.29. The van der Waals surface area contributed by atoms with E-state index in [-0.39, 0.29) is 11.7 Å². The van der Waals surface area contributed by atoms with E-state index >= 15 is 0 Å². The van der Waals surface area contributed by atoms with Gasteiger partial charge < -0.3 is 9.16 Å². The van der Waals surface area contributed by atoms with Crippen LogP contribution in [0.5, 0.6) is 0 Å². The van der Waals surface area contributed by atoms with Crippen LogP contribution in [0, 0.1) is 5.92 Å². The molecule has 32 heavy (non-hydrogen) atoms. The normalized spacial score (nSPS) is 13.5. The summed E-state index contributed by atoms with van der Waals surface area (Å²) in [5.74, 6) is -0.120. The summed E-state index contributed by atoms with van der Waals surface area (Å²) in [6.45, 7) is 15.6. The van der Waals surface area contributed by atoms with Gasteiger partial charge in [-0.25, -0.2) is 9.78 Å². The molecule has 0 bridgehead atoms. The number of ether oxygens (including phenoxy) is 1. The highest BCUT2D eigenvalue weighted by atomic mass is 32.1. The molecule has 0 aliphatic heterocycles. The van der Waals surface area contributed by atoms with Crippen LogP contribution < -0.4 is 0 Å². The standard InChI is InChI=1S/C24H32N2O4SSi/c1-15(2)20(27)18-14-31-22(25-18)21(30-32(6,7)8)17-13-26(23(28)29-24(3,4)5)19-12-10-9-11-16(17)19/h9-15,21H,1-8H3. The number of ketones is 1. The maximum atomic E-state index is 13.0. The van der Waals surface area contributed by atoms with E-state index in [9.17, 15) is 9.59 Å². The smallest absolute Gasteiger partial charge is 0.419 e. The number of hydrogen-bond donors (Lipinski definition) is 0. The van der Waals surface area contributed by atoms with Gasteiger partial charge in [0.15, 0.2) is 14.1 Å². The number of benzene rings is 1. The van der Waals surface area contributed by atoms with Gasteiger partial charge in [0.25, 0.3) is 0 Å². The Balaban J connectivity index is 2.15. The molecule has 0 amide bonds. The van der Waals surface area contributed by atoms with Crippen molar-refractivity contribution in [3.05, 3.63) is 52.1 Å². The number of para-hydroxylation sites is 1. The van der Waals surface area contributed by atoms with Crippen molar-refractivity contribution in [2.24, 2.45) is 5.92 Å². The van der Waals surface area contributed by atoms with Gasteiger partial charge in [-0.15, -0.1) is 11.3 Å². The van der Waals surface area contributed by atoms with Gasteiger partial charge >= 0.3 is 6.09 Å². The van der Waals surface area contributed by atoms with E-state index in [2.05, 4.69) is 24.6 Å². The molecular weight excluding hydrogens is 440 g/mol. The molecule has 0 saturated carbocycles. The highest BCUT2D eigenvalue weighted by Crippen LogP contribution is 2.37. The summed E-state index contributed by atoms with van der Waals surface area (Å²) in [5, 5.41) is 3.41. The summed E-state index contributed by atoms with van der Waals surface area (Å²) in [5.41, 5.74) is 1.43. The van der Waals surface area contributed by atoms with E-state index in [0.717, 1.165) is 16.5 Å². The zero-order valence-corrected chi connectivity index (χ0v) is 21.9. The molecule has 6 nitrogen and oxygen atoms in total. The first-order chi connectivity index (χ1) is 14.8. The van der Waals surface area contributed by atoms with Crippen LogP contribution in [-0.2, 0) is 9.16 Å². The van der Waals surface area contributed by atoms with Crippen LogP contribution in [-0.4, -0.2) is 35.3 Å². The Labute approximate surface area is 194 Å². The quantitative estimate of drug-likeness (QED) is 0.296. The third-order valence-corrected chi connectivity index (χ3v) is 6.44. The topological polar surface area (TPSA) is 70.4 Å². The number of fused-ring (bicyclic) bond motifs is 1. The van der Waals surface area contributed by atoms with Crippen molar-refractivity contribution in [1.29, 1.82) is 0 Å². The largest absolute Gasteiger partial charge is 0.443 e. The Morgan fingerprint density at radius 1 is 1.12 bits per heavy atom. The molecule has 1 aromatic carbocycles. The zero-order chi connectivity index (χ0) is 23.8. The van der Waals surface area contributed by atoms with E-state index < -0.39 is 26.1 Å². The molecule has 0 aliphatic carbocycles. The van der Waals surface area contributed by atoms with Gasteiger partial charge in [-0.2, -0.15) is 0 Å². The van der Waals surface area contributed by atoms with Crippen LogP contribution in [0.4, 0.5) is 4.79 Å².